The molecule has 0 atom stereocenters. The highest BCUT2D eigenvalue weighted by Gasteiger charge is 2.16. The number of benzene rings is 1. The summed E-state index contributed by atoms with van der Waals surface area (Å²) in [5.74, 6) is 0. The Hall–Kier alpha value is -2.32. The fraction of sp³-hybridized carbons (Fsp3) is 0.385. The Bertz CT molecular complexity index is 608. The molecule has 0 aliphatic carbocycles. The SMILES string of the molecule is CCOC(OCC)c1cn(-c2cccc([N+](=O)[O-])c2)nn1. The molecule has 0 amide bonds. The van der Waals surface area contributed by atoms with E-state index in [4.69, 9.17) is 9.47 Å². The first-order chi connectivity index (χ1) is 10.2. The van der Waals surface area contributed by atoms with Crippen LogP contribution in [-0.2, 0) is 9.47 Å². The predicted molar refractivity (Wildman–Crippen MR) is 74.0 cm³/mol. The lowest BCUT2D eigenvalue weighted by molar-refractivity contribution is -0.384. The van der Waals surface area contributed by atoms with Crippen LogP contribution in [0.2, 0.25) is 0 Å². The minimum Gasteiger partial charge on any atom is -0.347 e. The second-order valence-corrected chi connectivity index (χ2v) is 4.11. The zero-order valence-electron chi connectivity index (χ0n) is 11.8. The molecule has 1 aromatic heterocycles. The van der Waals surface area contributed by atoms with Gasteiger partial charge < -0.3 is 9.47 Å². The molecule has 0 bridgehead atoms. The summed E-state index contributed by atoms with van der Waals surface area (Å²) in [6.07, 6.45) is 1.04. The van der Waals surface area contributed by atoms with Gasteiger partial charge in [0.05, 0.1) is 16.8 Å². The molecule has 2 aromatic rings. The third-order valence-corrected chi connectivity index (χ3v) is 2.69. The summed E-state index contributed by atoms with van der Waals surface area (Å²) in [5, 5.41) is 18.7. The Labute approximate surface area is 121 Å². The number of non-ortho nitro benzene ring substituents is 1. The van der Waals surface area contributed by atoms with Crippen molar-refractivity contribution in [2.75, 3.05) is 13.2 Å². The fourth-order valence-corrected chi connectivity index (χ4v) is 1.78. The highest BCUT2D eigenvalue weighted by molar-refractivity contribution is 5.42. The van der Waals surface area contributed by atoms with Crippen molar-refractivity contribution in [2.24, 2.45) is 0 Å². The van der Waals surface area contributed by atoms with Crippen LogP contribution in [0.1, 0.15) is 25.8 Å². The van der Waals surface area contributed by atoms with Gasteiger partial charge in [0, 0.05) is 25.3 Å². The smallest absolute Gasteiger partial charge is 0.271 e. The van der Waals surface area contributed by atoms with Crippen molar-refractivity contribution in [2.45, 2.75) is 20.1 Å². The number of nitrogens with zero attached hydrogens (tertiary/aromatic N) is 4. The number of hydrogen-bond acceptors (Lipinski definition) is 6. The third-order valence-electron chi connectivity index (χ3n) is 2.69. The van der Waals surface area contributed by atoms with Crippen molar-refractivity contribution < 1.29 is 14.4 Å². The van der Waals surface area contributed by atoms with Crippen molar-refractivity contribution in [3.05, 3.63) is 46.3 Å². The van der Waals surface area contributed by atoms with Crippen molar-refractivity contribution in [3.63, 3.8) is 0 Å². The van der Waals surface area contributed by atoms with Gasteiger partial charge >= 0.3 is 0 Å². The molecule has 8 nitrogen and oxygen atoms in total. The molecule has 0 radical (unpaired) electrons. The monoisotopic (exact) mass is 292 g/mol. The summed E-state index contributed by atoms with van der Waals surface area (Å²) in [5.41, 5.74) is 1.07. The second-order valence-electron chi connectivity index (χ2n) is 4.11. The van der Waals surface area contributed by atoms with Gasteiger partial charge in [-0.05, 0) is 19.9 Å². The van der Waals surface area contributed by atoms with Gasteiger partial charge in [0.15, 0.2) is 0 Å². The molecule has 0 fully saturated rings. The van der Waals surface area contributed by atoms with Crippen LogP contribution in [0.25, 0.3) is 5.69 Å². The number of aromatic nitrogens is 3. The highest BCUT2D eigenvalue weighted by Crippen LogP contribution is 2.19. The van der Waals surface area contributed by atoms with Crippen molar-refractivity contribution in [1.82, 2.24) is 15.0 Å². The molecule has 21 heavy (non-hydrogen) atoms. The molecule has 0 unspecified atom stereocenters. The first-order valence-electron chi connectivity index (χ1n) is 6.56. The molecule has 0 saturated heterocycles. The predicted octanol–water partition coefficient (Wildman–Crippen LogP) is 2.25. The summed E-state index contributed by atoms with van der Waals surface area (Å²) in [6, 6.07) is 6.15. The van der Waals surface area contributed by atoms with Crippen LogP contribution in [0.15, 0.2) is 30.5 Å². The molecule has 2 rings (SSSR count). The molecular formula is C13H16N4O4. The lowest BCUT2D eigenvalue weighted by Crippen LogP contribution is -2.09. The Morgan fingerprint density at radius 3 is 2.67 bits per heavy atom. The van der Waals surface area contributed by atoms with Crippen molar-refractivity contribution in [3.8, 4) is 5.69 Å². The van der Waals surface area contributed by atoms with Gasteiger partial charge in [0.2, 0.25) is 6.29 Å². The van der Waals surface area contributed by atoms with E-state index in [0.717, 1.165) is 0 Å². The van der Waals surface area contributed by atoms with Gasteiger partial charge in [-0.25, -0.2) is 4.68 Å². The molecular weight excluding hydrogens is 276 g/mol. The summed E-state index contributed by atoms with van der Waals surface area (Å²) in [7, 11) is 0. The molecule has 0 saturated carbocycles. The van der Waals surface area contributed by atoms with Crippen molar-refractivity contribution >= 4 is 5.69 Å². The van der Waals surface area contributed by atoms with Gasteiger partial charge in [-0.3, -0.25) is 10.1 Å². The lowest BCUT2D eigenvalue weighted by atomic mass is 10.3. The zero-order valence-corrected chi connectivity index (χ0v) is 11.8. The first kappa shape index (κ1) is 15.1. The van der Waals surface area contributed by atoms with Crippen LogP contribution >= 0.6 is 0 Å². The minimum absolute atomic E-state index is 0.00397. The Morgan fingerprint density at radius 1 is 1.33 bits per heavy atom. The van der Waals surface area contributed by atoms with Crippen LogP contribution in [-0.4, -0.2) is 33.1 Å². The second kappa shape index (κ2) is 6.91. The largest absolute Gasteiger partial charge is 0.347 e. The van der Waals surface area contributed by atoms with Crippen LogP contribution in [0, 0.1) is 10.1 Å². The van der Waals surface area contributed by atoms with E-state index in [1.807, 2.05) is 13.8 Å². The van der Waals surface area contributed by atoms with Crippen LogP contribution in [0.4, 0.5) is 5.69 Å². The minimum atomic E-state index is -0.590. The average molecular weight is 292 g/mol. The molecule has 0 N–H and O–H groups in total. The van der Waals surface area contributed by atoms with Crippen molar-refractivity contribution in [1.29, 1.82) is 0 Å². The number of rotatable bonds is 7. The van der Waals surface area contributed by atoms with Gasteiger partial charge in [-0.1, -0.05) is 11.3 Å². The summed E-state index contributed by atoms with van der Waals surface area (Å²) < 4.78 is 12.3. The standard InChI is InChI=1S/C13H16N4O4/c1-3-20-13(21-4-2)12-9-16(15-14-12)10-6-5-7-11(8-10)17(18)19/h5-9,13H,3-4H2,1-2H3. The molecule has 0 aliphatic rings. The molecule has 0 spiro atoms. The quantitative estimate of drug-likeness (QED) is 0.441. The first-order valence-corrected chi connectivity index (χ1v) is 6.56. The highest BCUT2D eigenvalue weighted by atomic mass is 16.7. The van der Waals surface area contributed by atoms with E-state index in [1.165, 1.54) is 16.8 Å². The summed E-state index contributed by atoms with van der Waals surface area (Å²) in [4.78, 5) is 10.3. The Balaban J connectivity index is 2.26. The van der Waals surface area contributed by atoms with E-state index in [-0.39, 0.29) is 5.69 Å². The van der Waals surface area contributed by atoms with E-state index in [2.05, 4.69) is 10.3 Å². The van der Waals surface area contributed by atoms with E-state index < -0.39 is 11.2 Å². The number of nitro benzene ring substituents is 1. The molecule has 8 heteroatoms. The maximum Gasteiger partial charge on any atom is 0.271 e. The van der Waals surface area contributed by atoms with E-state index in [9.17, 15) is 10.1 Å². The van der Waals surface area contributed by atoms with Gasteiger partial charge in [-0.2, -0.15) is 0 Å². The topological polar surface area (TPSA) is 92.3 Å². The zero-order chi connectivity index (χ0) is 15.2. The van der Waals surface area contributed by atoms with Crippen LogP contribution in [0.3, 0.4) is 0 Å². The third kappa shape index (κ3) is 3.61. The van der Waals surface area contributed by atoms with E-state index in [1.54, 1.807) is 18.3 Å². The molecule has 1 heterocycles. The van der Waals surface area contributed by atoms with E-state index in [0.29, 0.717) is 24.6 Å². The van der Waals surface area contributed by atoms with Gasteiger partial charge in [0.25, 0.3) is 5.69 Å². The number of ether oxygens (including phenoxy) is 2. The Kier molecular flexibility index (Phi) is 4.96. The van der Waals surface area contributed by atoms with Crippen LogP contribution in [0.5, 0.6) is 0 Å². The summed E-state index contributed by atoms with van der Waals surface area (Å²) >= 11 is 0. The fourth-order valence-electron chi connectivity index (χ4n) is 1.78. The number of nitro groups is 1. The molecule has 1 aromatic carbocycles. The maximum atomic E-state index is 10.8. The molecule has 0 aliphatic heterocycles. The van der Waals surface area contributed by atoms with Gasteiger partial charge in [0.1, 0.15) is 5.69 Å². The molecule has 112 valence electrons. The normalized spacial score (nSPS) is 11.0. The lowest BCUT2D eigenvalue weighted by Gasteiger charge is -2.13. The average Bonchev–Trinajstić information content (AvgIpc) is 2.97. The maximum absolute atomic E-state index is 10.8. The van der Waals surface area contributed by atoms with Gasteiger partial charge in [-0.15, -0.1) is 5.10 Å². The summed E-state index contributed by atoms with van der Waals surface area (Å²) in [6.45, 7) is 4.68. The number of hydrogen-bond donors (Lipinski definition) is 0. The van der Waals surface area contributed by atoms with Crippen LogP contribution < -0.4 is 0 Å². The Morgan fingerprint density at radius 2 is 2.05 bits per heavy atom. The van der Waals surface area contributed by atoms with E-state index >= 15 is 0 Å².